The number of hydrogen-bond donors (Lipinski definition) is 2. The lowest BCUT2D eigenvalue weighted by atomic mass is 9.80. The summed E-state index contributed by atoms with van der Waals surface area (Å²) in [5.41, 5.74) is 6.96. The average Bonchev–Trinajstić information content (AvgIpc) is 2.66. The zero-order valence-electron chi connectivity index (χ0n) is 18.0. The van der Waals surface area contributed by atoms with Crippen LogP contribution < -0.4 is 11.1 Å². The van der Waals surface area contributed by atoms with Crippen LogP contribution >= 0.6 is 11.6 Å². The molecule has 1 unspecified atom stereocenters. The third kappa shape index (κ3) is 5.62. The second-order valence-corrected chi connectivity index (χ2v) is 8.25. The maximum Gasteiger partial charge on any atom is 0.337 e. The van der Waals surface area contributed by atoms with Gasteiger partial charge in [-0.25, -0.2) is 9.59 Å². The number of ether oxygens (including phenoxy) is 3. The first kappa shape index (κ1) is 23.9. The standard InChI is InChI=1S/C22H29ClN2O5/c1-13-17(20(26)28-5)18(14-8-6-7-9-15(14)23)19(21(27)30-22(2,3)4)16(25-13)12-29-11-10-24/h6-9,18,25H,10-12,24H2,1-5H3. The number of nitrogens with two attached hydrogens (primary N) is 1. The van der Waals surface area contributed by atoms with Crippen LogP contribution in [0.5, 0.6) is 0 Å². The van der Waals surface area contributed by atoms with Crippen LogP contribution in [0.4, 0.5) is 0 Å². The van der Waals surface area contributed by atoms with E-state index in [1.807, 2.05) is 0 Å². The average molecular weight is 437 g/mol. The number of rotatable bonds is 7. The zero-order chi connectivity index (χ0) is 22.5. The summed E-state index contributed by atoms with van der Waals surface area (Å²) in [7, 11) is 1.29. The van der Waals surface area contributed by atoms with Crippen molar-refractivity contribution in [3.05, 3.63) is 57.4 Å². The van der Waals surface area contributed by atoms with Crippen molar-refractivity contribution in [2.75, 3.05) is 26.9 Å². The number of esters is 2. The van der Waals surface area contributed by atoms with Gasteiger partial charge in [0.25, 0.3) is 0 Å². The van der Waals surface area contributed by atoms with E-state index in [9.17, 15) is 9.59 Å². The van der Waals surface area contributed by atoms with Gasteiger partial charge in [0.1, 0.15) is 5.60 Å². The minimum Gasteiger partial charge on any atom is -0.466 e. The second kappa shape index (κ2) is 10.1. The number of hydrogen-bond acceptors (Lipinski definition) is 7. The van der Waals surface area contributed by atoms with Crippen LogP contribution in [0, 0.1) is 0 Å². The lowest BCUT2D eigenvalue weighted by Crippen LogP contribution is -2.37. The number of carbonyl (C=O) groups is 2. The van der Waals surface area contributed by atoms with Crippen LogP contribution in [-0.2, 0) is 23.8 Å². The molecule has 1 atom stereocenters. The molecule has 2 rings (SSSR count). The van der Waals surface area contributed by atoms with Crippen molar-refractivity contribution in [2.45, 2.75) is 39.2 Å². The van der Waals surface area contributed by atoms with Crippen LogP contribution in [0.1, 0.15) is 39.2 Å². The first-order valence-corrected chi connectivity index (χ1v) is 10.0. The van der Waals surface area contributed by atoms with Crippen molar-refractivity contribution in [3.63, 3.8) is 0 Å². The Morgan fingerprint density at radius 1 is 1.17 bits per heavy atom. The van der Waals surface area contributed by atoms with Crippen molar-refractivity contribution >= 4 is 23.5 Å². The summed E-state index contributed by atoms with van der Waals surface area (Å²) in [6, 6.07) is 7.06. The summed E-state index contributed by atoms with van der Waals surface area (Å²) in [5.74, 6) is -1.91. The van der Waals surface area contributed by atoms with Crippen LogP contribution in [0.15, 0.2) is 46.8 Å². The molecule has 3 N–H and O–H groups in total. The quantitative estimate of drug-likeness (QED) is 0.500. The van der Waals surface area contributed by atoms with Gasteiger partial charge in [-0.15, -0.1) is 0 Å². The van der Waals surface area contributed by atoms with Gasteiger partial charge in [-0.2, -0.15) is 0 Å². The van der Waals surface area contributed by atoms with E-state index >= 15 is 0 Å². The molecule has 0 bridgehead atoms. The Balaban J connectivity index is 2.71. The molecule has 1 aromatic rings. The van der Waals surface area contributed by atoms with E-state index in [-0.39, 0.29) is 17.8 Å². The van der Waals surface area contributed by atoms with Crippen molar-refractivity contribution in [1.29, 1.82) is 0 Å². The Morgan fingerprint density at radius 3 is 2.40 bits per heavy atom. The summed E-state index contributed by atoms with van der Waals surface area (Å²) in [4.78, 5) is 26.0. The molecule has 0 saturated heterocycles. The number of halogens is 1. The SMILES string of the molecule is COC(=O)C1=C(C)NC(COCCN)=C(C(=O)OC(C)(C)C)C1c1ccccc1Cl. The third-order valence-corrected chi connectivity index (χ3v) is 4.74. The van der Waals surface area contributed by atoms with Crippen LogP contribution in [-0.4, -0.2) is 44.4 Å². The molecular weight excluding hydrogens is 408 g/mol. The van der Waals surface area contributed by atoms with Gasteiger partial charge in [0.05, 0.1) is 43.1 Å². The van der Waals surface area contributed by atoms with Gasteiger partial charge in [-0.1, -0.05) is 29.8 Å². The van der Waals surface area contributed by atoms with E-state index < -0.39 is 23.5 Å². The van der Waals surface area contributed by atoms with Crippen molar-refractivity contribution < 1.29 is 23.8 Å². The van der Waals surface area contributed by atoms with Gasteiger partial charge in [0.2, 0.25) is 0 Å². The van der Waals surface area contributed by atoms with Crippen LogP contribution in [0.2, 0.25) is 5.02 Å². The number of benzene rings is 1. The molecule has 1 aromatic carbocycles. The first-order chi connectivity index (χ1) is 14.1. The van der Waals surface area contributed by atoms with Gasteiger partial charge in [-0.05, 0) is 39.3 Å². The molecule has 0 aromatic heterocycles. The molecule has 7 nitrogen and oxygen atoms in total. The summed E-state index contributed by atoms with van der Waals surface area (Å²) in [6.45, 7) is 7.82. The first-order valence-electron chi connectivity index (χ1n) is 9.65. The van der Waals surface area contributed by atoms with Gasteiger partial charge in [-0.3, -0.25) is 0 Å². The van der Waals surface area contributed by atoms with Crippen LogP contribution in [0.3, 0.4) is 0 Å². The highest BCUT2D eigenvalue weighted by molar-refractivity contribution is 6.31. The van der Waals surface area contributed by atoms with Gasteiger partial charge in [0.15, 0.2) is 0 Å². The molecule has 0 fully saturated rings. The molecule has 0 aliphatic carbocycles. The Labute approximate surface area is 182 Å². The Hall–Kier alpha value is -2.35. The van der Waals surface area contributed by atoms with E-state index in [4.69, 9.17) is 31.5 Å². The molecular formula is C22H29ClN2O5. The topological polar surface area (TPSA) is 99.9 Å². The number of allylic oxidation sites excluding steroid dienone is 1. The minimum absolute atomic E-state index is 0.0958. The fourth-order valence-electron chi connectivity index (χ4n) is 3.24. The fourth-order valence-corrected chi connectivity index (χ4v) is 3.49. The number of methoxy groups -OCH3 is 1. The molecule has 0 amide bonds. The maximum atomic E-state index is 13.3. The molecule has 8 heteroatoms. The Bertz CT molecular complexity index is 871. The lowest BCUT2D eigenvalue weighted by molar-refractivity contribution is -0.150. The molecule has 0 spiro atoms. The molecule has 1 aliphatic rings. The highest BCUT2D eigenvalue weighted by atomic mass is 35.5. The van der Waals surface area contributed by atoms with E-state index in [1.54, 1.807) is 52.0 Å². The molecule has 0 saturated carbocycles. The second-order valence-electron chi connectivity index (χ2n) is 7.85. The molecule has 1 aliphatic heterocycles. The minimum atomic E-state index is -0.779. The maximum absolute atomic E-state index is 13.3. The summed E-state index contributed by atoms with van der Waals surface area (Å²) in [6.07, 6.45) is 0. The molecule has 30 heavy (non-hydrogen) atoms. The monoisotopic (exact) mass is 436 g/mol. The van der Waals surface area contributed by atoms with Crippen molar-refractivity contribution in [1.82, 2.24) is 5.32 Å². The summed E-state index contributed by atoms with van der Waals surface area (Å²) >= 11 is 6.48. The lowest BCUT2D eigenvalue weighted by Gasteiger charge is -2.33. The van der Waals surface area contributed by atoms with E-state index in [1.165, 1.54) is 7.11 Å². The normalized spacial score (nSPS) is 17.0. The predicted molar refractivity (Wildman–Crippen MR) is 115 cm³/mol. The number of dihydropyridines is 1. The molecule has 1 heterocycles. The highest BCUT2D eigenvalue weighted by Gasteiger charge is 2.40. The van der Waals surface area contributed by atoms with E-state index in [0.717, 1.165) is 0 Å². The van der Waals surface area contributed by atoms with Crippen molar-refractivity contribution in [3.8, 4) is 0 Å². The number of nitrogens with one attached hydrogen (secondary N) is 1. The largest absolute Gasteiger partial charge is 0.466 e. The smallest absolute Gasteiger partial charge is 0.337 e. The summed E-state index contributed by atoms with van der Waals surface area (Å²) in [5, 5.41) is 3.54. The predicted octanol–water partition coefficient (Wildman–Crippen LogP) is 3.04. The highest BCUT2D eigenvalue weighted by Crippen LogP contribution is 2.42. The summed E-state index contributed by atoms with van der Waals surface area (Å²) < 4.78 is 16.3. The van der Waals surface area contributed by atoms with Gasteiger partial charge >= 0.3 is 11.9 Å². The van der Waals surface area contributed by atoms with E-state index in [0.29, 0.717) is 35.1 Å². The molecule has 0 radical (unpaired) electrons. The Morgan fingerprint density at radius 2 is 1.83 bits per heavy atom. The third-order valence-electron chi connectivity index (χ3n) is 4.39. The molecule has 164 valence electrons. The fraction of sp³-hybridized carbons (Fsp3) is 0.455. The van der Waals surface area contributed by atoms with Crippen LogP contribution in [0.25, 0.3) is 0 Å². The van der Waals surface area contributed by atoms with Crippen molar-refractivity contribution in [2.24, 2.45) is 5.73 Å². The van der Waals surface area contributed by atoms with Gasteiger partial charge in [0, 0.05) is 17.3 Å². The van der Waals surface area contributed by atoms with E-state index in [2.05, 4.69) is 5.32 Å². The number of carbonyl (C=O) groups excluding carboxylic acids is 2. The van der Waals surface area contributed by atoms with Gasteiger partial charge < -0.3 is 25.3 Å². The zero-order valence-corrected chi connectivity index (χ0v) is 18.8. The Kier molecular flexibility index (Phi) is 8.06.